The number of anilines is 1. The summed E-state index contributed by atoms with van der Waals surface area (Å²) in [6.07, 6.45) is 5.18. The summed E-state index contributed by atoms with van der Waals surface area (Å²) in [5, 5.41) is 3.44. The number of rotatable bonds is 5. The third-order valence-electron chi connectivity index (χ3n) is 3.18. The van der Waals surface area contributed by atoms with Crippen LogP contribution in [-0.4, -0.2) is 19.3 Å². The molecule has 0 radical (unpaired) electrons. The monoisotopic (exact) mass is 219 g/mol. The van der Waals surface area contributed by atoms with Crippen molar-refractivity contribution in [2.45, 2.75) is 38.7 Å². The number of nitrogens with one attached hydrogen (secondary N) is 1. The summed E-state index contributed by atoms with van der Waals surface area (Å²) in [5.74, 6) is 0. The molecule has 16 heavy (non-hydrogen) atoms. The molecule has 0 spiro atoms. The van der Waals surface area contributed by atoms with Gasteiger partial charge < -0.3 is 10.1 Å². The quantitative estimate of drug-likeness (QED) is 0.821. The average Bonchev–Trinajstić information content (AvgIpc) is 2.83. The van der Waals surface area contributed by atoms with Crippen molar-refractivity contribution in [1.82, 2.24) is 0 Å². The first-order valence-electron chi connectivity index (χ1n) is 6.33. The Morgan fingerprint density at radius 2 is 2.12 bits per heavy atom. The van der Waals surface area contributed by atoms with Crippen molar-refractivity contribution < 1.29 is 4.74 Å². The highest BCUT2D eigenvalue weighted by Crippen LogP contribution is 2.16. The van der Waals surface area contributed by atoms with Crippen LogP contribution < -0.4 is 5.32 Å². The van der Waals surface area contributed by atoms with Crippen LogP contribution in [-0.2, 0) is 11.2 Å². The Hall–Kier alpha value is -1.02. The Morgan fingerprint density at radius 3 is 2.75 bits per heavy atom. The van der Waals surface area contributed by atoms with Crippen LogP contribution in [0.2, 0.25) is 0 Å². The lowest BCUT2D eigenvalue weighted by Crippen LogP contribution is -2.12. The SMILES string of the molecule is CCc1ccc(NCCC2CCCO2)cc1. The van der Waals surface area contributed by atoms with E-state index in [1.54, 1.807) is 0 Å². The van der Waals surface area contributed by atoms with Gasteiger partial charge in [-0.2, -0.15) is 0 Å². The molecule has 1 heterocycles. The molecule has 1 aromatic rings. The molecule has 2 heteroatoms. The maximum atomic E-state index is 5.59. The lowest BCUT2D eigenvalue weighted by molar-refractivity contribution is 0.107. The fraction of sp³-hybridized carbons (Fsp3) is 0.571. The Bertz CT molecular complexity index is 301. The predicted molar refractivity (Wildman–Crippen MR) is 67.9 cm³/mol. The van der Waals surface area contributed by atoms with Crippen molar-refractivity contribution in [1.29, 1.82) is 0 Å². The van der Waals surface area contributed by atoms with E-state index in [1.165, 1.54) is 24.1 Å². The normalized spacial score (nSPS) is 19.9. The predicted octanol–water partition coefficient (Wildman–Crippen LogP) is 3.23. The maximum absolute atomic E-state index is 5.59. The largest absolute Gasteiger partial charge is 0.385 e. The van der Waals surface area contributed by atoms with Gasteiger partial charge in [-0.25, -0.2) is 0 Å². The summed E-state index contributed by atoms with van der Waals surface area (Å²) in [6, 6.07) is 8.70. The van der Waals surface area contributed by atoms with Crippen molar-refractivity contribution in [2.75, 3.05) is 18.5 Å². The molecule has 0 aromatic heterocycles. The first kappa shape index (κ1) is 11.5. The number of benzene rings is 1. The van der Waals surface area contributed by atoms with Gasteiger partial charge in [0.05, 0.1) is 6.10 Å². The fourth-order valence-corrected chi connectivity index (χ4v) is 2.11. The summed E-state index contributed by atoms with van der Waals surface area (Å²) in [4.78, 5) is 0. The zero-order chi connectivity index (χ0) is 11.2. The summed E-state index contributed by atoms with van der Waals surface area (Å²) >= 11 is 0. The third kappa shape index (κ3) is 3.24. The maximum Gasteiger partial charge on any atom is 0.0592 e. The van der Waals surface area contributed by atoms with Crippen LogP contribution in [0.4, 0.5) is 5.69 Å². The average molecular weight is 219 g/mol. The Morgan fingerprint density at radius 1 is 1.31 bits per heavy atom. The molecule has 1 unspecified atom stereocenters. The van der Waals surface area contributed by atoms with Gasteiger partial charge in [-0.3, -0.25) is 0 Å². The highest BCUT2D eigenvalue weighted by Gasteiger charge is 2.14. The summed E-state index contributed by atoms with van der Waals surface area (Å²) in [6.45, 7) is 4.14. The number of hydrogen-bond acceptors (Lipinski definition) is 2. The summed E-state index contributed by atoms with van der Waals surface area (Å²) in [7, 11) is 0. The minimum absolute atomic E-state index is 0.488. The van der Waals surface area contributed by atoms with E-state index >= 15 is 0 Å². The molecule has 1 N–H and O–H groups in total. The van der Waals surface area contributed by atoms with Crippen molar-refractivity contribution in [2.24, 2.45) is 0 Å². The summed E-state index contributed by atoms with van der Waals surface area (Å²) < 4.78 is 5.59. The van der Waals surface area contributed by atoms with Crippen molar-refractivity contribution in [3.05, 3.63) is 29.8 Å². The number of aryl methyl sites for hydroxylation is 1. The molecule has 2 rings (SSSR count). The van der Waals surface area contributed by atoms with Gasteiger partial charge in [-0.05, 0) is 43.4 Å². The van der Waals surface area contributed by atoms with Crippen LogP contribution in [0.5, 0.6) is 0 Å². The smallest absolute Gasteiger partial charge is 0.0592 e. The molecule has 2 nitrogen and oxygen atoms in total. The number of hydrogen-bond donors (Lipinski definition) is 1. The highest BCUT2D eigenvalue weighted by molar-refractivity contribution is 5.44. The van der Waals surface area contributed by atoms with Crippen molar-refractivity contribution in [3.8, 4) is 0 Å². The molecule has 0 bridgehead atoms. The Labute approximate surface area is 98.0 Å². The van der Waals surface area contributed by atoms with Crippen LogP contribution in [0.25, 0.3) is 0 Å². The van der Waals surface area contributed by atoms with Gasteiger partial charge in [0.1, 0.15) is 0 Å². The van der Waals surface area contributed by atoms with E-state index in [4.69, 9.17) is 4.74 Å². The van der Waals surface area contributed by atoms with E-state index < -0.39 is 0 Å². The van der Waals surface area contributed by atoms with E-state index in [2.05, 4.69) is 36.5 Å². The van der Waals surface area contributed by atoms with Crippen LogP contribution >= 0.6 is 0 Å². The lowest BCUT2D eigenvalue weighted by atomic mass is 10.1. The van der Waals surface area contributed by atoms with Gasteiger partial charge in [0.25, 0.3) is 0 Å². The van der Waals surface area contributed by atoms with E-state index in [0.717, 1.165) is 26.0 Å². The van der Waals surface area contributed by atoms with E-state index in [-0.39, 0.29) is 0 Å². The summed E-state index contributed by atoms with van der Waals surface area (Å²) in [5.41, 5.74) is 2.61. The topological polar surface area (TPSA) is 21.3 Å². The van der Waals surface area contributed by atoms with Crippen LogP contribution in [0.1, 0.15) is 31.7 Å². The van der Waals surface area contributed by atoms with Gasteiger partial charge >= 0.3 is 0 Å². The minimum atomic E-state index is 0.488. The highest BCUT2D eigenvalue weighted by atomic mass is 16.5. The lowest BCUT2D eigenvalue weighted by Gasteiger charge is -2.11. The third-order valence-corrected chi connectivity index (χ3v) is 3.18. The van der Waals surface area contributed by atoms with Gasteiger partial charge in [-0.15, -0.1) is 0 Å². The van der Waals surface area contributed by atoms with Crippen LogP contribution in [0.15, 0.2) is 24.3 Å². The molecule has 1 atom stereocenters. The van der Waals surface area contributed by atoms with E-state index in [9.17, 15) is 0 Å². The molecule has 1 saturated heterocycles. The van der Waals surface area contributed by atoms with E-state index in [0.29, 0.717) is 6.10 Å². The van der Waals surface area contributed by atoms with Crippen molar-refractivity contribution >= 4 is 5.69 Å². The second-order valence-corrected chi connectivity index (χ2v) is 4.40. The second kappa shape index (κ2) is 5.90. The molecule has 1 aliphatic rings. The van der Waals surface area contributed by atoms with Crippen LogP contribution in [0.3, 0.4) is 0 Å². The zero-order valence-electron chi connectivity index (χ0n) is 10.0. The minimum Gasteiger partial charge on any atom is -0.385 e. The van der Waals surface area contributed by atoms with Gasteiger partial charge in [-0.1, -0.05) is 19.1 Å². The number of ether oxygens (including phenoxy) is 1. The Balaban J connectivity index is 1.71. The fourth-order valence-electron chi connectivity index (χ4n) is 2.11. The molecular formula is C14H21NO. The molecule has 1 fully saturated rings. The first-order chi connectivity index (χ1) is 7.88. The zero-order valence-corrected chi connectivity index (χ0v) is 10.0. The molecular weight excluding hydrogens is 198 g/mol. The second-order valence-electron chi connectivity index (χ2n) is 4.40. The first-order valence-corrected chi connectivity index (χ1v) is 6.33. The van der Waals surface area contributed by atoms with Crippen molar-refractivity contribution in [3.63, 3.8) is 0 Å². The van der Waals surface area contributed by atoms with Gasteiger partial charge in [0, 0.05) is 18.8 Å². The molecule has 88 valence electrons. The molecule has 1 aromatic carbocycles. The van der Waals surface area contributed by atoms with Gasteiger partial charge in [0.15, 0.2) is 0 Å². The Kier molecular flexibility index (Phi) is 4.23. The molecule has 1 aliphatic heterocycles. The van der Waals surface area contributed by atoms with Crippen LogP contribution in [0, 0.1) is 0 Å². The van der Waals surface area contributed by atoms with Gasteiger partial charge in [0.2, 0.25) is 0 Å². The standard InChI is InChI=1S/C14H21NO/c1-2-12-5-7-13(8-6-12)15-10-9-14-4-3-11-16-14/h5-8,14-15H,2-4,9-11H2,1H3. The molecule has 0 aliphatic carbocycles. The molecule has 0 saturated carbocycles. The van der Waals surface area contributed by atoms with E-state index in [1.807, 2.05) is 0 Å². The molecule has 0 amide bonds.